The molecule has 1 heterocycles. The summed E-state index contributed by atoms with van der Waals surface area (Å²) < 4.78 is 10.6. The zero-order valence-electron chi connectivity index (χ0n) is 14.8. The SMILES string of the molecule is COc1ccc(CC(=O)Nc2nc3c(s2)CCCCCC3)c(OC)c1. The number of benzene rings is 1. The molecule has 0 saturated heterocycles. The molecule has 0 bridgehead atoms. The molecular weight excluding hydrogens is 336 g/mol. The van der Waals surface area contributed by atoms with Crippen molar-refractivity contribution in [2.45, 2.75) is 44.9 Å². The molecule has 5 nitrogen and oxygen atoms in total. The number of methoxy groups -OCH3 is 2. The summed E-state index contributed by atoms with van der Waals surface area (Å²) in [4.78, 5) is 18.4. The number of nitrogens with one attached hydrogen (secondary N) is 1. The molecule has 0 radical (unpaired) electrons. The first-order valence-corrected chi connectivity index (χ1v) is 9.50. The third-order valence-electron chi connectivity index (χ3n) is 4.44. The highest BCUT2D eigenvalue weighted by Crippen LogP contribution is 2.29. The van der Waals surface area contributed by atoms with Crippen LogP contribution in [0, 0.1) is 0 Å². The van der Waals surface area contributed by atoms with E-state index in [1.807, 2.05) is 12.1 Å². The Morgan fingerprint density at radius 2 is 1.96 bits per heavy atom. The lowest BCUT2D eigenvalue weighted by Crippen LogP contribution is -2.14. The molecule has 1 N–H and O–H groups in total. The molecule has 0 aliphatic heterocycles. The minimum Gasteiger partial charge on any atom is -0.497 e. The van der Waals surface area contributed by atoms with Crippen molar-refractivity contribution >= 4 is 22.4 Å². The third-order valence-corrected chi connectivity index (χ3v) is 5.51. The van der Waals surface area contributed by atoms with Crippen molar-refractivity contribution in [2.75, 3.05) is 19.5 Å². The van der Waals surface area contributed by atoms with Crippen LogP contribution in [0.2, 0.25) is 0 Å². The summed E-state index contributed by atoms with van der Waals surface area (Å²) >= 11 is 1.62. The zero-order chi connectivity index (χ0) is 17.6. The lowest BCUT2D eigenvalue weighted by atomic mass is 10.0. The highest BCUT2D eigenvalue weighted by atomic mass is 32.1. The molecule has 3 rings (SSSR count). The Kier molecular flexibility index (Phi) is 5.91. The molecule has 0 fully saturated rings. The lowest BCUT2D eigenvalue weighted by Gasteiger charge is -2.10. The van der Waals surface area contributed by atoms with Crippen molar-refractivity contribution in [3.05, 3.63) is 34.3 Å². The zero-order valence-corrected chi connectivity index (χ0v) is 15.6. The average Bonchev–Trinajstić information content (AvgIpc) is 2.95. The molecular formula is C19H24N2O3S. The average molecular weight is 360 g/mol. The van der Waals surface area contributed by atoms with Gasteiger partial charge in [-0.2, -0.15) is 0 Å². The van der Waals surface area contributed by atoms with Gasteiger partial charge in [-0.15, -0.1) is 11.3 Å². The molecule has 0 unspecified atom stereocenters. The van der Waals surface area contributed by atoms with Crippen molar-refractivity contribution in [1.82, 2.24) is 4.98 Å². The number of amides is 1. The maximum Gasteiger partial charge on any atom is 0.230 e. The van der Waals surface area contributed by atoms with E-state index in [2.05, 4.69) is 10.3 Å². The molecule has 1 aliphatic carbocycles. The smallest absolute Gasteiger partial charge is 0.230 e. The number of hydrogen-bond acceptors (Lipinski definition) is 5. The quantitative estimate of drug-likeness (QED) is 0.875. The van der Waals surface area contributed by atoms with E-state index in [4.69, 9.17) is 9.47 Å². The second kappa shape index (κ2) is 8.34. The van der Waals surface area contributed by atoms with E-state index in [1.165, 1.54) is 36.3 Å². The van der Waals surface area contributed by atoms with Crippen molar-refractivity contribution < 1.29 is 14.3 Å². The van der Waals surface area contributed by atoms with Crippen molar-refractivity contribution in [2.24, 2.45) is 0 Å². The van der Waals surface area contributed by atoms with E-state index >= 15 is 0 Å². The highest BCUT2D eigenvalue weighted by molar-refractivity contribution is 7.15. The fourth-order valence-corrected chi connectivity index (χ4v) is 4.16. The van der Waals surface area contributed by atoms with Crippen LogP contribution in [-0.2, 0) is 24.1 Å². The number of aromatic nitrogens is 1. The Morgan fingerprint density at radius 3 is 2.72 bits per heavy atom. The summed E-state index contributed by atoms with van der Waals surface area (Å²) in [7, 11) is 3.20. The van der Waals surface area contributed by atoms with E-state index < -0.39 is 0 Å². The molecule has 1 aromatic heterocycles. The van der Waals surface area contributed by atoms with E-state index in [9.17, 15) is 4.79 Å². The first kappa shape index (κ1) is 17.7. The van der Waals surface area contributed by atoms with Gasteiger partial charge >= 0.3 is 0 Å². The summed E-state index contributed by atoms with van der Waals surface area (Å²) in [5.74, 6) is 1.28. The Labute approximate surface area is 152 Å². The first-order chi connectivity index (χ1) is 12.2. The van der Waals surface area contributed by atoms with Crippen LogP contribution in [0.1, 0.15) is 41.8 Å². The van der Waals surface area contributed by atoms with Crippen LogP contribution in [0.15, 0.2) is 18.2 Å². The first-order valence-electron chi connectivity index (χ1n) is 8.69. The number of hydrogen-bond donors (Lipinski definition) is 1. The molecule has 0 atom stereocenters. The second-order valence-electron chi connectivity index (χ2n) is 6.21. The van der Waals surface area contributed by atoms with Gasteiger partial charge in [0.15, 0.2) is 5.13 Å². The number of rotatable bonds is 5. The molecule has 1 aliphatic rings. The van der Waals surface area contributed by atoms with Gasteiger partial charge in [0.2, 0.25) is 5.91 Å². The normalized spacial score (nSPS) is 14.2. The Balaban J connectivity index is 1.67. The van der Waals surface area contributed by atoms with Gasteiger partial charge in [0, 0.05) is 16.5 Å². The predicted molar refractivity (Wildman–Crippen MR) is 99.9 cm³/mol. The summed E-state index contributed by atoms with van der Waals surface area (Å²) in [6, 6.07) is 5.48. The maximum absolute atomic E-state index is 12.4. The van der Waals surface area contributed by atoms with Gasteiger partial charge in [-0.25, -0.2) is 4.98 Å². The number of ether oxygens (including phenoxy) is 2. The Hall–Kier alpha value is -2.08. The number of carbonyl (C=O) groups excluding carboxylic acids is 1. The summed E-state index contributed by atoms with van der Waals surface area (Å²) in [5, 5.41) is 3.66. The van der Waals surface area contributed by atoms with Gasteiger partial charge in [-0.05, 0) is 31.7 Å². The fraction of sp³-hybridized carbons (Fsp3) is 0.474. The lowest BCUT2D eigenvalue weighted by molar-refractivity contribution is -0.115. The maximum atomic E-state index is 12.4. The number of nitrogens with zero attached hydrogens (tertiary/aromatic N) is 1. The topological polar surface area (TPSA) is 60.5 Å². The van der Waals surface area contributed by atoms with Gasteiger partial charge in [0.25, 0.3) is 0 Å². The van der Waals surface area contributed by atoms with Crippen LogP contribution in [0.4, 0.5) is 5.13 Å². The van der Waals surface area contributed by atoms with Crippen LogP contribution >= 0.6 is 11.3 Å². The summed E-state index contributed by atoms with van der Waals surface area (Å²) in [6.07, 6.45) is 7.31. The van der Waals surface area contributed by atoms with Crippen LogP contribution in [0.25, 0.3) is 0 Å². The van der Waals surface area contributed by atoms with Gasteiger partial charge in [0.05, 0.1) is 26.3 Å². The van der Waals surface area contributed by atoms with Crippen molar-refractivity contribution in [3.8, 4) is 11.5 Å². The van der Waals surface area contributed by atoms with E-state index in [1.54, 1.807) is 31.6 Å². The Bertz CT molecular complexity index is 717. The van der Waals surface area contributed by atoms with Gasteiger partial charge in [-0.1, -0.05) is 18.9 Å². The highest BCUT2D eigenvalue weighted by Gasteiger charge is 2.16. The standard InChI is InChI=1S/C19H24N2O3S/c1-23-14-10-9-13(16(12-14)24-2)11-18(22)21-19-20-15-7-5-3-4-6-8-17(15)25-19/h9-10,12H,3-8,11H2,1-2H3,(H,20,21,22). The molecule has 0 spiro atoms. The molecule has 1 amide bonds. The number of carbonyl (C=O) groups is 1. The Morgan fingerprint density at radius 1 is 1.16 bits per heavy atom. The number of thiazole rings is 1. The van der Waals surface area contributed by atoms with E-state index in [0.717, 1.165) is 18.4 Å². The van der Waals surface area contributed by atoms with Crippen LogP contribution in [-0.4, -0.2) is 25.1 Å². The molecule has 0 saturated carbocycles. The van der Waals surface area contributed by atoms with Gasteiger partial charge < -0.3 is 14.8 Å². The molecule has 134 valence electrons. The molecule has 1 aromatic carbocycles. The fourth-order valence-electron chi connectivity index (χ4n) is 3.09. The largest absolute Gasteiger partial charge is 0.497 e. The van der Waals surface area contributed by atoms with Crippen LogP contribution in [0.5, 0.6) is 11.5 Å². The predicted octanol–water partition coefficient (Wildman–Crippen LogP) is 4.00. The minimum atomic E-state index is -0.0785. The van der Waals surface area contributed by atoms with Gasteiger partial charge in [-0.3, -0.25) is 4.79 Å². The summed E-state index contributed by atoms with van der Waals surface area (Å²) in [5.41, 5.74) is 2.00. The van der Waals surface area contributed by atoms with E-state index in [0.29, 0.717) is 16.6 Å². The van der Waals surface area contributed by atoms with Gasteiger partial charge in [0.1, 0.15) is 11.5 Å². The number of aryl methyl sites for hydroxylation is 2. The molecule has 25 heavy (non-hydrogen) atoms. The summed E-state index contributed by atoms with van der Waals surface area (Å²) in [6.45, 7) is 0. The number of fused-ring (bicyclic) bond motifs is 1. The van der Waals surface area contributed by atoms with Crippen LogP contribution in [0.3, 0.4) is 0 Å². The van der Waals surface area contributed by atoms with Crippen molar-refractivity contribution in [3.63, 3.8) is 0 Å². The van der Waals surface area contributed by atoms with Crippen molar-refractivity contribution in [1.29, 1.82) is 0 Å². The minimum absolute atomic E-state index is 0.0785. The second-order valence-corrected chi connectivity index (χ2v) is 7.29. The third kappa shape index (κ3) is 4.51. The molecule has 2 aromatic rings. The number of anilines is 1. The van der Waals surface area contributed by atoms with E-state index in [-0.39, 0.29) is 12.3 Å². The monoisotopic (exact) mass is 360 g/mol. The molecule has 6 heteroatoms. The van der Waals surface area contributed by atoms with Crippen LogP contribution < -0.4 is 14.8 Å².